The third-order valence-electron chi connectivity index (χ3n) is 1.82. The van der Waals surface area contributed by atoms with E-state index in [0.29, 0.717) is 11.1 Å². The zero-order chi connectivity index (χ0) is 12.9. The molecule has 0 aliphatic carbocycles. The van der Waals surface area contributed by atoms with Gasteiger partial charge < -0.3 is 5.73 Å². The first kappa shape index (κ1) is 13.2. The molecule has 0 aliphatic rings. The van der Waals surface area contributed by atoms with Crippen molar-refractivity contribution in [2.24, 2.45) is 5.73 Å². The number of carbonyl (C=O) groups excluding carboxylic acids is 1. The molecular formula is C11H12N2O3S. The van der Waals surface area contributed by atoms with Crippen molar-refractivity contribution in [2.45, 2.75) is 0 Å². The first-order chi connectivity index (χ1) is 7.88. The Labute approximate surface area is 100 Å². The van der Waals surface area contributed by atoms with E-state index in [-0.39, 0.29) is 6.54 Å². The minimum Gasteiger partial charge on any atom is -0.366 e. The molecule has 0 bridgehead atoms. The Morgan fingerprint density at radius 3 is 2.41 bits per heavy atom. The van der Waals surface area contributed by atoms with Crippen LogP contribution in [-0.2, 0) is 10.0 Å². The maximum atomic E-state index is 10.8. The number of sulfonamides is 1. The van der Waals surface area contributed by atoms with E-state index in [9.17, 15) is 13.2 Å². The summed E-state index contributed by atoms with van der Waals surface area (Å²) in [4.78, 5) is 10.8. The van der Waals surface area contributed by atoms with Crippen molar-refractivity contribution in [1.82, 2.24) is 4.72 Å². The van der Waals surface area contributed by atoms with E-state index < -0.39 is 15.9 Å². The van der Waals surface area contributed by atoms with E-state index in [2.05, 4.69) is 16.6 Å². The van der Waals surface area contributed by atoms with Crippen LogP contribution in [0, 0.1) is 11.8 Å². The zero-order valence-electron chi connectivity index (χ0n) is 9.23. The van der Waals surface area contributed by atoms with Crippen molar-refractivity contribution in [3.05, 3.63) is 35.4 Å². The molecule has 6 heteroatoms. The summed E-state index contributed by atoms with van der Waals surface area (Å²) in [5.41, 5.74) is 6.17. The standard InChI is InChI=1S/C11H12N2O3S/c1-17(15,16)13-8-2-3-9-4-6-10(7-5-9)11(12)14/h4-7,13H,8H2,1H3,(H2,12,14). The quantitative estimate of drug-likeness (QED) is 0.723. The summed E-state index contributed by atoms with van der Waals surface area (Å²) in [5.74, 6) is 4.91. The fourth-order valence-corrected chi connectivity index (χ4v) is 1.37. The Morgan fingerprint density at radius 2 is 1.94 bits per heavy atom. The minimum atomic E-state index is -3.21. The molecule has 1 aromatic rings. The number of nitrogens with two attached hydrogens (primary N) is 1. The predicted octanol–water partition coefficient (Wildman–Crippen LogP) is -0.314. The molecule has 3 N–H and O–H groups in total. The monoisotopic (exact) mass is 252 g/mol. The van der Waals surface area contributed by atoms with E-state index in [1.165, 1.54) is 0 Å². The molecule has 0 saturated carbocycles. The van der Waals surface area contributed by atoms with Gasteiger partial charge in [0, 0.05) is 11.1 Å². The van der Waals surface area contributed by atoms with Gasteiger partial charge in [-0.15, -0.1) is 0 Å². The predicted molar refractivity (Wildman–Crippen MR) is 64.7 cm³/mol. The maximum absolute atomic E-state index is 10.8. The number of carbonyl (C=O) groups is 1. The number of primary amides is 1. The third kappa shape index (κ3) is 5.15. The van der Waals surface area contributed by atoms with Gasteiger partial charge in [0.2, 0.25) is 15.9 Å². The SMILES string of the molecule is CS(=O)(=O)NCC#Cc1ccc(C(N)=O)cc1. The van der Waals surface area contributed by atoms with Gasteiger partial charge in [0.1, 0.15) is 0 Å². The Hall–Kier alpha value is -1.84. The third-order valence-corrected chi connectivity index (χ3v) is 2.49. The fourth-order valence-electron chi connectivity index (χ4n) is 1.03. The second kappa shape index (κ2) is 5.48. The van der Waals surface area contributed by atoms with Crippen LogP contribution in [0.5, 0.6) is 0 Å². The van der Waals surface area contributed by atoms with Crippen molar-refractivity contribution in [2.75, 3.05) is 12.8 Å². The van der Waals surface area contributed by atoms with Crippen molar-refractivity contribution >= 4 is 15.9 Å². The highest BCUT2D eigenvalue weighted by atomic mass is 32.2. The second-order valence-electron chi connectivity index (χ2n) is 3.34. The van der Waals surface area contributed by atoms with Crippen LogP contribution in [0.25, 0.3) is 0 Å². The lowest BCUT2D eigenvalue weighted by Crippen LogP contribution is -2.21. The number of nitrogens with one attached hydrogen (secondary N) is 1. The fraction of sp³-hybridized carbons (Fsp3) is 0.182. The van der Waals surface area contributed by atoms with Crippen LogP contribution in [0.1, 0.15) is 15.9 Å². The molecule has 0 saturated heterocycles. The lowest BCUT2D eigenvalue weighted by Gasteiger charge is -1.95. The molecule has 90 valence electrons. The van der Waals surface area contributed by atoms with Gasteiger partial charge in [-0.1, -0.05) is 11.8 Å². The van der Waals surface area contributed by atoms with Gasteiger partial charge in [0.15, 0.2) is 0 Å². The Balaban J connectivity index is 2.64. The highest BCUT2D eigenvalue weighted by Crippen LogP contribution is 2.01. The van der Waals surface area contributed by atoms with Gasteiger partial charge >= 0.3 is 0 Å². The van der Waals surface area contributed by atoms with Crippen LogP contribution < -0.4 is 10.5 Å². The largest absolute Gasteiger partial charge is 0.366 e. The topological polar surface area (TPSA) is 89.3 Å². The lowest BCUT2D eigenvalue weighted by atomic mass is 10.1. The van der Waals surface area contributed by atoms with Crippen molar-refractivity contribution in [3.8, 4) is 11.8 Å². The number of rotatable bonds is 3. The van der Waals surface area contributed by atoms with Gasteiger partial charge in [-0.25, -0.2) is 13.1 Å². The molecule has 0 unspecified atom stereocenters. The van der Waals surface area contributed by atoms with Crippen LogP contribution in [0.4, 0.5) is 0 Å². The highest BCUT2D eigenvalue weighted by Gasteiger charge is 1.98. The average Bonchev–Trinajstić information content (AvgIpc) is 2.24. The van der Waals surface area contributed by atoms with Crippen LogP contribution in [0.2, 0.25) is 0 Å². The molecule has 1 rings (SSSR count). The molecular weight excluding hydrogens is 240 g/mol. The molecule has 1 amide bonds. The molecule has 0 atom stereocenters. The molecule has 0 radical (unpaired) electrons. The summed E-state index contributed by atoms with van der Waals surface area (Å²) in [6.45, 7) is 0.0520. The summed E-state index contributed by atoms with van der Waals surface area (Å²) in [6, 6.07) is 6.42. The molecule has 17 heavy (non-hydrogen) atoms. The van der Waals surface area contributed by atoms with E-state index in [1.807, 2.05) is 0 Å². The molecule has 0 aromatic heterocycles. The molecule has 0 spiro atoms. The van der Waals surface area contributed by atoms with Gasteiger partial charge in [-0.3, -0.25) is 4.79 Å². The van der Waals surface area contributed by atoms with E-state index >= 15 is 0 Å². The van der Waals surface area contributed by atoms with Gasteiger partial charge in [0.25, 0.3) is 0 Å². The van der Waals surface area contributed by atoms with Crippen molar-refractivity contribution < 1.29 is 13.2 Å². The number of amides is 1. The number of hydrogen-bond donors (Lipinski definition) is 2. The van der Waals surface area contributed by atoms with Crippen LogP contribution >= 0.6 is 0 Å². The number of hydrogen-bond acceptors (Lipinski definition) is 3. The van der Waals surface area contributed by atoms with Crippen molar-refractivity contribution in [1.29, 1.82) is 0 Å². The maximum Gasteiger partial charge on any atom is 0.248 e. The minimum absolute atomic E-state index is 0.0520. The van der Waals surface area contributed by atoms with Gasteiger partial charge in [-0.05, 0) is 24.3 Å². The Morgan fingerprint density at radius 1 is 1.35 bits per heavy atom. The van der Waals surface area contributed by atoms with Crippen molar-refractivity contribution in [3.63, 3.8) is 0 Å². The zero-order valence-corrected chi connectivity index (χ0v) is 10.0. The molecule has 0 heterocycles. The highest BCUT2D eigenvalue weighted by molar-refractivity contribution is 7.88. The van der Waals surface area contributed by atoms with E-state index in [1.54, 1.807) is 24.3 Å². The first-order valence-corrected chi connectivity index (χ1v) is 6.61. The van der Waals surface area contributed by atoms with Crippen LogP contribution in [0.3, 0.4) is 0 Å². The molecule has 1 aromatic carbocycles. The van der Waals surface area contributed by atoms with Gasteiger partial charge in [0.05, 0.1) is 12.8 Å². The summed E-state index contributed by atoms with van der Waals surface area (Å²) in [5, 5.41) is 0. The molecule has 0 aliphatic heterocycles. The average molecular weight is 252 g/mol. The molecule has 5 nitrogen and oxygen atoms in total. The smallest absolute Gasteiger partial charge is 0.248 e. The second-order valence-corrected chi connectivity index (χ2v) is 5.17. The summed E-state index contributed by atoms with van der Waals surface area (Å²) < 4.78 is 23.7. The Bertz CT molecular complexity index is 565. The van der Waals surface area contributed by atoms with E-state index in [4.69, 9.17) is 5.73 Å². The first-order valence-electron chi connectivity index (χ1n) is 4.72. The van der Waals surface area contributed by atoms with Crippen LogP contribution in [0.15, 0.2) is 24.3 Å². The summed E-state index contributed by atoms with van der Waals surface area (Å²) in [6.07, 6.45) is 1.07. The normalized spacial score (nSPS) is 10.4. The molecule has 0 fully saturated rings. The lowest BCUT2D eigenvalue weighted by molar-refractivity contribution is 0.100. The van der Waals surface area contributed by atoms with Gasteiger partial charge in [-0.2, -0.15) is 0 Å². The van der Waals surface area contributed by atoms with E-state index in [0.717, 1.165) is 6.26 Å². The number of benzene rings is 1. The Kier molecular flexibility index (Phi) is 4.26. The van der Waals surface area contributed by atoms with Crippen LogP contribution in [-0.4, -0.2) is 27.1 Å². The summed E-state index contributed by atoms with van der Waals surface area (Å²) >= 11 is 0. The summed E-state index contributed by atoms with van der Waals surface area (Å²) in [7, 11) is -3.21.